The number of likely N-dealkylation sites (N-methyl/N-ethyl adjacent to an activating group) is 1. The SMILES string of the molecule is CCCc1cccc(C(NN)C(C)(CC)N(CC)CC)c1. The normalized spacial score (nSPS) is 16.0. The summed E-state index contributed by atoms with van der Waals surface area (Å²) in [6, 6.07) is 9.01. The van der Waals surface area contributed by atoms with Gasteiger partial charge in [-0.3, -0.25) is 16.2 Å². The maximum absolute atomic E-state index is 5.96. The lowest BCUT2D eigenvalue weighted by Crippen LogP contribution is -2.55. The van der Waals surface area contributed by atoms with Crippen LogP contribution in [0.25, 0.3) is 0 Å². The second kappa shape index (κ2) is 8.52. The van der Waals surface area contributed by atoms with Crippen LogP contribution in [0.1, 0.15) is 64.6 Å². The first kappa shape index (κ1) is 18.1. The number of hydrogen-bond donors (Lipinski definition) is 2. The highest BCUT2D eigenvalue weighted by Crippen LogP contribution is 2.34. The van der Waals surface area contributed by atoms with E-state index in [4.69, 9.17) is 5.84 Å². The highest BCUT2D eigenvalue weighted by atomic mass is 15.3. The van der Waals surface area contributed by atoms with Crippen LogP contribution in [0.4, 0.5) is 0 Å². The van der Waals surface area contributed by atoms with Crippen molar-refractivity contribution in [3.63, 3.8) is 0 Å². The zero-order valence-electron chi connectivity index (χ0n) is 14.4. The van der Waals surface area contributed by atoms with Crippen LogP contribution in [-0.2, 0) is 6.42 Å². The first-order valence-corrected chi connectivity index (χ1v) is 8.37. The van der Waals surface area contributed by atoms with Gasteiger partial charge in [0, 0.05) is 5.54 Å². The summed E-state index contributed by atoms with van der Waals surface area (Å²) in [6.07, 6.45) is 3.35. The zero-order valence-corrected chi connectivity index (χ0v) is 14.4. The van der Waals surface area contributed by atoms with Crippen LogP contribution >= 0.6 is 0 Å². The third kappa shape index (κ3) is 4.06. The van der Waals surface area contributed by atoms with E-state index >= 15 is 0 Å². The molecule has 0 spiro atoms. The van der Waals surface area contributed by atoms with Crippen molar-refractivity contribution in [1.82, 2.24) is 10.3 Å². The number of hydrogen-bond acceptors (Lipinski definition) is 3. The first-order valence-electron chi connectivity index (χ1n) is 8.37. The van der Waals surface area contributed by atoms with Crippen molar-refractivity contribution in [3.05, 3.63) is 35.4 Å². The van der Waals surface area contributed by atoms with Crippen molar-refractivity contribution in [2.24, 2.45) is 5.84 Å². The minimum absolute atomic E-state index is 0.0170. The van der Waals surface area contributed by atoms with Crippen molar-refractivity contribution in [1.29, 1.82) is 0 Å². The molecule has 21 heavy (non-hydrogen) atoms. The lowest BCUT2D eigenvalue weighted by atomic mass is 9.82. The lowest BCUT2D eigenvalue weighted by Gasteiger charge is -2.45. The van der Waals surface area contributed by atoms with Crippen LogP contribution in [0.2, 0.25) is 0 Å². The van der Waals surface area contributed by atoms with Crippen LogP contribution in [-0.4, -0.2) is 23.5 Å². The summed E-state index contributed by atoms with van der Waals surface area (Å²) in [5, 5.41) is 0. The third-order valence-electron chi connectivity index (χ3n) is 4.81. The van der Waals surface area contributed by atoms with Crippen molar-refractivity contribution >= 4 is 0 Å². The number of nitrogens with two attached hydrogens (primary N) is 1. The number of hydrazine groups is 1. The Balaban J connectivity index is 3.17. The van der Waals surface area contributed by atoms with Gasteiger partial charge in [0.2, 0.25) is 0 Å². The Bertz CT molecular complexity index is 415. The van der Waals surface area contributed by atoms with Gasteiger partial charge in [-0.1, -0.05) is 58.4 Å². The molecule has 2 atom stereocenters. The maximum Gasteiger partial charge on any atom is 0.0641 e. The molecule has 0 amide bonds. The summed E-state index contributed by atoms with van der Waals surface area (Å²) in [5.41, 5.74) is 5.79. The predicted octanol–water partition coefficient (Wildman–Crippen LogP) is 3.65. The molecule has 3 N–H and O–H groups in total. The van der Waals surface area contributed by atoms with Crippen molar-refractivity contribution in [3.8, 4) is 0 Å². The summed E-state index contributed by atoms with van der Waals surface area (Å²) >= 11 is 0. The van der Waals surface area contributed by atoms with Gasteiger partial charge in [0.1, 0.15) is 0 Å². The molecule has 0 fully saturated rings. The van der Waals surface area contributed by atoms with Crippen LogP contribution < -0.4 is 11.3 Å². The highest BCUT2D eigenvalue weighted by molar-refractivity contribution is 5.28. The third-order valence-corrected chi connectivity index (χ3v) is 4.81. The van der Waals surface area contributed by atoms with Crippen molar-refractivity contribution in [2.45, 2.75) is 65.5 Å². The molecule has 1 aromatic carbocycles. The minimum Gasteiger partial charge on any atom is -0.297 e. The average Bonchev–Trinajstić information content (AvgIpc) is 2.50. The second-order valence-electron chi connectivity index (χ2n) is 5.98. The molecule has 1 aromatic rings. The fourth-order valence-electron chi connectivity index (χ4n) is 3.41. The smallest absolute Gasteiger partial charge is 0.0641 e. The van der Waals surface area contributed by atoms with E-state index in [0.717, 1.165) is 25.9 Å². The molecule has 0 heterocycles. The van der Waals surface area contributed by atoms with E-state index in [2.05, 4.69) is 69.2 Å². The molecule has 2 unspecified atom stereocenters. The number of aryl methyl sites for hydroxylation is 1. The van der Waals surface area contributed by atoms with Gasteiger partial charge in [0.05, 0.1) is 6.04 Å². The van der Waals surface area contributed by atoms with Crippen LogP contribution in [0.3, 0.4) is 0 Å². The van der Waals surface area contributed by atoms with Crippen molar-refractivity contribution < 1.29 is 0 Å². The van der Waals surface area contributed by atoms with Gasteiger partial charge in [0.15, 0.2) is 0 Å². The molecule has 3 heteroatoms. The Morgan fingerprint density at radius 3 is 2.33 bits per heavy atom. The van der Waals surface area contributed by atoms with Gasteiger partial charge in [-0.2, -0.15) is 0 Å². The van der Waals surface area contributed by atoms with Gasteiger partial charge >= 0.3 is 0 Å². The quantitative estimate of drug-likeness (QED) is 0.539. The monoisotopic (exact) mass is 291 g/mol. The number of nitrogens with one attached hydrogen (secondary N) is 1. The second-order valence-corrected chi connectivity index (χ2v) is 5.98. The van der Waals surface area contributed by atoms with E-state index in [0.29, 0.717) is 0 Å². The zero-order chi connectivity index (χ0) is 15.9. The molecular formula is C18H33N3. The van der Waals surface area contributed by atoms with Crippen LogP contribution in [0, 0.1) is 0 Å². The Kier molecular flexibility index (Phi) is 7.36. The highest BCUT2D eigenvalue weighted by Gasteiger charge is 2.37. The topological polar surface area (TPSA) is 41.3 Å². The van der Waals surface area contributed by atoms with E-state index in [1.165, 1.54) is 17.5 Å². The number of benzene rings is 1. The molecular weight excluding hydrogens is 258 g/mol. The number of nitrogens with zero attached hydrogens (tertiary/aromatic N) is 1. The van der Waals surface area contributed by atoms with E-state index in [1.54, 1.807) is 0 Å². The maximum atomic E-state index is 5.96. The van der Waals surface area contributed by atoms with E-state index in [1.807, 2.05) is 0 Å². The Hall–Kier alpha value is -0.900. The Labute approximate surface area is 130 Å². The molecule has 0 saturated heterocycles. The summed E-state index contributed by atoms with van der Waals surface area (Å²) in [4.78, 5) is 2.50. The lowest BCUT2D eigenvalue weighted by molar-refractivity contribution is 0.0698. The number of rotatable bonds is 9. The van der Waals surface area contributed by atoms with Gasteiger partial charge in [-0.25, -0.2) is 0 Å². The largest absolute Gasteiger partial charge is 0.297 e. The molecule has 0 aliphatic heterocycles. The molecule has 0 aromatic heterocycles. The molecule has 0 saturated carbocycles. The standard InChI is InChI=1S/C18H33N3/c1-6-11-15-12-10-13-16(14-15)17(20-19)18(5,7-2)21(8-3)9-4/h10,12-14,17,20H,6-9,11,19H2,1-5H3. The summed E-state index contributed by atoms with van der Waals surface area (Å²) in [5.74, 6) is 5.96. The Morgan fingerprint density at radius 1 is 1.19 bits per heavy atom. The summed E-state index contributed by atoms with van der Waals surface area (Å²) in [6.45, 7) is 13.3. The fraction of sp³-hybridized carbons (Fsp3) is 0.667. The molecule has 1 rings (SSSR count). The van der Waals surface area contributed by atoms with Crippen molar-refractivity contribution in [2.75, 3.05) is 13.1 Å². The average molecular weight is 291 g/mol. The Morgan fingerprint density at radius 2 is 1.86 bits per heavy atom. The molecule has 0 aliphatic carbocycles. The summed E-state index contributed by atoms with van der Waals surface area (Å²) in [7, 11) is 0. The van der Waals surface area contributed by atoms with Gasteiger partial charge in [-0.15, -0.1) is 0 Å². The van der Waals surface area contributed by atoms with Crippen LogP contribution in [0.15, 0.2) is 24.3 Å². The summed E-state index contributed by atoms with van der Waals surface area (Å²) < 4.78 is 0. The van der Waals surface area contributed by atoms with E-state index in [-0.39, 0.29) is 11.6 Å². The molecule has 0 aliphatic rings. The molecule has 0 radical (unpaired) electrons. The van der Waals surface area contributed by atoms with Gasteiger partial charge in [0.25, 0.3) is 0 Å². The predicted molar refractivity (Wildman–Crippen MR) is 92.1 cm³/mol. The van der Waals surface area contributed by atoms with Gasteiger partial charge in [-0.05, 0) is 44.0 Å². The molecule has 0 bridgehead atoms. The fourth-order valence-corrected chi connectivity index (χ4v) is 3.41. The first-order chi connectivity index (χ1) is 10.1. The van der Waals surface area contributed by atoms with E-state index < -0.39 is 0 Å². The van der Waals surface area contributed by atoms with Gasteiger partial charge < -0.3 is 0 Å². The van der Waals surface area contributed by atoms with Crippen LogP contribution in [0.5, 0.6) is 0 Å². The molecule has 3 nitrogen and oxygen atoms in total. The minimum atomic E-state index is 0.0170. The van der Waals surface area contributed by atoms with E-state index in [9.17, 15) is 0 Å². The molecule has 120 valence electrons.